The zero-order chi connectivity index (χ0) is 14.0. The van der Waals surface area contributed by atoms with Crippen molar-refractivity contribution in [1.82, 2.24) is 4.57 Å². The van der Waals surface area contributed by atoms with Crippen molar-refractivity contribution in [1.29, 1.82) is 0 Å². The quantitative estimate of drug-likeness (QED) is 0.884. The number of halogens is 1. The number of carboxylic acids is 1. The average Bonchev–Trinajstić information content (AvgIpc) is 2.67. The molecule has 0 fully saturated rings. The van der Waals surface area contributed by atoms with E-state index in [1.807, 2.05) is 36.0 Å². The first kappa shape index (κ1) is 13.9. The van der Waals surface area contributed by atoms with Gasteiger partial charge in [-0.1, -0.05) is 23.7 Å². The molecule has 1 aromatic heterocycles. The Labute approximate surface area is 116 Å². The number of nitrogens with two attached hydrogens (primary N) is 1. The van der Waals surface area contributed by atoms with Crippen LogP contribution in [0.4, 0.5) is 0 Å². The number of aryl methyl sites for hydroxylation is 1. The van der Waals surface area contributed by atoms with Crippen molar-refractivity contribution in [2.75, 3.05) is 6.54 Å². The minimum Gasteiger partial charge on any atom is -0.481 e. The first-order valence-corrected chi connectivity index (χ1v) is 6.57. The van der Waals surface area contributed by atoms with Crippen molar-refractivity contribution in [3.05, 3.63) is 35.0 Å². The predicted octanol–water partition coefficient (Wildman–Crippen LogP) is 2.42. The Kier molecular flexibility index (Phi) is 4.12. The van der Waals surface area contributed by atoms with Gasteiger partial charge >= 0.3 is 5.97 Å². The summed E-state index contributed by atoms with van der Waals surface area (Å²) in [5.41, 5.74) is 7.41. The molecule has 4 nitrogen and oxygen atoms in total. The minimum atomic E-state index is -0.801. The van der Waals surface area contributed by atoms with Gasteiger partial charge in [-0.2, -0.15) is 0 Å². The summed E-state index contributed by atoms with van der Waals surface area (Å²) in [5, 5.41) is 10.9. The number of hydrogen-bond donors (Lipinski definition) is 2. The Balaban J connectivity index is 2.40. The largest absolute Gasteiger partial charge is 0.481 e. The van der Waals surface area contributed by atoms with Crippen molar-refractivity contribution in [2.24, 2.45) is 18.7 Å². The van der Waals surface area contributed by atoms with Crippen LogP contribution in [0, 0.1) is 5.92 Å². The summed E-state index contributed by atoms with van der Waals surface area (Å²) >= 11 is 6.18. The van der Waals surface area contributed by atoms with Crippen LogP contribution in [0.2, 0.25) is 5.02 Å². The molecule has 0 aliphatic heterocycles. The standard InChI is InChI=1S/C14H17ClN2O2/c1-17-8-10(7-9(5-6-16)14(18)19)11-3-2-4-12(15)13(11)17/h2-4,8-9H,5-7,16H2,1H3,(H,18,19). The maximum atomic E-state index is 11.2. The molecule has 2 aromatic rings. The molecule has 0 spiro atoms. The molecule has 0 radical (unpaired) electrons. The smallest absolute Gasteiger partial charge is 0.306 e. The molecule has 1 atom stereocenters. The lowest BCUT2D eigenvalue weighted by Crippen LogP contribution is -2.20. The molecule has 2 rings (SSSR count). The highest BCUT2D eigenvalue weighted by Crippen LogP contribution is 2.29. The van der Waals surface area contributed by atoms with Crippen LogP contribution in [0.25, 0.3) is 10.9 Å². The second-order valence-electron chi connectivity index (χ2n) is 4.72. The second-order valence-corrected chi connectivity index (χ2v) is 5.13. The molecule has 0 aliphatic carbocycles. The molecule has 5 heteroatoms. The zero-order valence-electron chi connectivity index (χ0n) is 10.8. The number of rotatable bonds is 5. The van der Waals surface area contributed by atoms with Crippen LogP contribution >= 0.6 is 11.6 Å². The highest BCUT2D eigenvalue weighted by Gasteiger charge is 2.20. The van der Waals surface area contributed by atoms with Gasteiger partial charge in [0.2, 0.25) is 0 Å². The van der Waals surface area contributed by atoms with E-state index >= 15 is 0 Å². The SMILES string of the molecule is Cn1cc(CC(CCN)C(=O)O)c2cccc(Cl)c21. The molecule has 0 saturated carbocycles. The minimum absolute atomic E-state index is 0.377. The third kappa shape index (κ3) is 2.74. The van der Waals surface area contributed by atoms with Gasteiger partial charge in [-0.25, -0.2) is 0 Å². The number of nitrogens with zero attached hydrogens (tertiary/aromatic N) is 1. The lowest BCUT2D eigenvalue weighted by atomic mass is 9.96. The van der Waals surface area contributed by atoms with Gasteiger partial charge in [0.05, 0.1) is 16.5 Å². The monoisotopic (exact) mass is 280 g/mol. The lowest BCUT2D eigenvalue weighted by molar-refractivity contribution is -0.141. The Bertz CT molecular complexity index is 607. The summed E-state index contributed by atoms with van der Waals surface area (Å²) < 4.78 is 1.94. The Hall–Kier alpha value is -1.52. The van der Waals surface area contributed by atoms with E-state index < -0.39 is 11.9 Å². The van der Waals surface area contributed by atoms with E-state index in [4.69, 9.17) is 17.3 Å². The van der Waals surface area contributed by atoms with Gasteiger partial charge in [0.1, 0.15) is 0 Å². The molecule has 3 N–H and O–H groups in total. The highest BCUT2D eigenvalue weighted by atomic mass is 35.5. The summed E-state index contributed by atoms with van der Waals surface area (Å²) in [4.78, 5) is 11.2. The van der Waals surface area contributed by atoms with Gasteiger partial charge in [-0.05, 0) is 31.0 Å². The molecular formula is C14H17ClN2O2. The molecule has 0 amide bonds. The molecule has 0 bridgehead atoms. The number of carboxylic acid groups (broad SMARTS) is 1. The van der Waals surface area contributed by atoms with Crippen LogP contribution < -0.4 is 5.73 Å². The van der Waals surface area contributed by atoms with Crippen molar-refractivity contribution >= 4 is 28.5 Å². The van der Waals surface area contributed by atoms with Crippen LogP contribution in [-0.2, 0) is 18.3 Å². The van der Waals surface area contributed by atoms with Crippen LogP contribution in [0.3, 0.4) is 0 Å². The number of benzene rings is 1. The third-order valence-electron chi connectivity index (χ3n) is 3.37. The van der Waals surface area contributed by atoms with Crippen molar-refractivity contribution in [3.63, 3.8) is 0 Å². The molecule has 1 aromatic carbocycles. The lowest BCUT2D eigenvalue weighted by Gasteiger charge is -2.10. The zero-order valence-corrected chi connectivity index (χ0v) is 11.5. The topological polar surface area (TPSA) is 68.2 Å². The van der Waals surface area contributed by atoms with E-state index in [-0.39, 0.29) is 0 Å². The molecule has 0 saturated heterocycles. The summed E-state index contributed by atoms with van der Waals surface area (Å²) in [6.07, 6.45) is 2.90. The molecule has 0 aliphatic rings. The third-order valence-corrected chi connectivity index (χ3v) is 3.67. The van der Waals surface area contributed by atoms with E-state index in [2.05, 4.69) is 0 Å². The van der Waals surface area contributed by atoms with Crippen LogP contribution in [-0.4, -0.2) is 22.2 Å². The number of carbonyl (C=O) groups is 1. The molecule has 19 heavy (non-hydrogen) atoms. The summed E-state index contributed by atoms with van der Waals surface area (Å²) in [7, 11) is 1.91. The van der Waals surface area contributed by atoms with Gasteiger partial charge in [0, 0.05) is 18.6 Å². The summed E-state index contributed by atoms with van der Waals surface area (Å²) in [6, 6.07) is 5.69. The van der Waals surface area contributed by atoms with Crippen molar-refractivity contribution < 1.29 is 9.90 Å². The molecular weight excluding hydrogens is 264 g/mol. The van der Waals surface area contributed by atoms with E-state index in [1.165, 1.54) is 0 Å². The molecule has 1 heterocycles. The van der Waals surface area contributed by atoms with E-state index in [0.29, 0.717) is 24.4 Å². The average molecular weight is 281 g/mol. The van der Waals surface area contributed by atoms with E-state index in [0.717, 1.165) is 16.5 Å². The van der Waals surface area contributed by atoms with E-state index in [9.17, 15) is 9.90 Å². The fourth-order valence-electron chi connectivity index (χ4n) is 2.44. The number of fused-ring (bicyclic) bond motifs is 1. The number of aromatic nitrogens is 1. The highest BCUT2D eigenvalue weighted by molar-refractivity contribution is 6.35. The summed E-state index contributed by atoms with van der Waals surface area (Å²) in [5.74, 6) is -1.25. The second kappa shape index (κ2) is 5.63. The Morgan fingerprint density at radius 2 is 2.26 bits per heavy atom. The normalized spacial score (nSPS) is 12.8. The first-order chi connectivity index (χ1) is 9.04. The maximum Gasteiger partial charge on any atom is 0.306 e. The fraction of sp³-hybridized carbons (Fsp3) is 0.357. The van der Waals surface area contributed by atoms with Crippen molar-refractivity contribution in [2.45, 2.75) is 12.8 Å². The molecule has 1 unspecified atom stereocenters. The van der Waals surface area contributed by atoms with Gasteiger partial charge in [-0.3, -0.25) is 4.79 Å². The van der Waals surface area contributed by atoms with Crippen LogP contribution in [0.5, 0.6) is 0 Å². The number of para-hydroxylation sites is 1. The maximum absolute atomic E-state index is 11.2. The van der Waals surface area contributed by atoms with Crippen molar-refractivity contribution in [3.8, 4) is 0 Å². The number of hydrogen-bond acceptors (Lipinski definition) is 2. The number of aliphatic carboxylic acids is 1. The van der Waals surface area contributed by atoms with Crippen LogP contribution in [0.15, 0.2) is 24.4 Å². The van der Waals surface area contributed by atoms with Gasteiger partial charge in [-0.15, -0.1) is 0 Å². The van der Waals surface area contributed by atoms with Gasteiger partial charge in [0.25, 0.3) is 0 Å². The Morgan fingerprint density at radius 1 is 1.53 bits per heavy atom. The predicted molar refractivity (Wildman–Crippen MR) is 76.4 cm³/mol. The summed E-state index contributed by atoms with van der Waals surface area (Å²) in [6.45, 7) is 0.377. The van der Waals surface area contributed by atoms with Gasteiger partial charge in [0.15, 0.2) is 0 Å². The van der Waals surface area contributed by atoms with Gasteiger partial charge < -0.3 is 15.4 Å². The van der Waals surface area contributed by atoms with Crippen LogP contribution in [0.1, 0.15) is 12.0 Å². The fourth-order valence-corrected chi connectivity index (χ4v) is 2.75. The first-order valence-electron chi connectivity index (χ1n) is 6.20. The molecule has 102 valence electrons. The Morgan fingerprint density at radius 3 is 2.89 bits per heavy atom. The van der Waals surface area contributed by atoms with E-state index in [1.54, 1.807) is 0 Å².